The maximum atomic E-state index is 12.6. The largest absolute Gasteiger partial charge is 0.371 e. The van der Waals surface area contributed by atoms with Crippen LogP contribution in [0.3, 0.4) is 0 Å². The molecule has 5 nitrogen and oxygen atoms in total. The van der Waals surface area contributed by atoms with Crippen LogP contribution in [0.2, 0.25) is 0 Å². The van der Waals surface area contributed by atoms with Crippen LogP contribution in [-0.4, -0.2) is 29.2 Å². The number of Topliss-reactive ketones (excluding diaryl/α,β-unsaturated/α-hetero) is 1. The lowest BCUT2D eigenvalue weighted by Gasteiger charge is -2.11. The van der Waals surface area contributed by atoms with Crippen LogP contribution in [0, 0.1) is 0 Å². The SMILES string of the molecule is C=CN=C/C=C(\C=C)C(=O)c1nnc(NC)c(C=C)c1C=C. The maximum absolute atomic E-state index is 12.6. The fourth-order valence-corrected chi connectivity index (χ4v) is 1.79. The number of aromatic nitrogens is 2. The summed E-state index contributed by atoms with van der Waals surface area (Å²) in [6.07, 6.45) is 8.95. The summed E-state index contributed by atoms with van der Waals surface area (Å²) >= 11 is 0. The molecule has 112 valence electrons. The first-order valence-electron chi connectivity index (χ1n) is 6.49. The van der Waals surface area contributed by atoms with Gasteiger partial charge in [0, 0.05) is 36.2 Å². The van der Waals surface area contributed by atoms with Crippen molar-refractivity contribution in [2.75, 3.05) is 12.4 Å². The number of anilines is 1. The Balaban J connectivity index is 3.45. The molecule has 0 fully saturated rings. The van der Waals surface area contributed by atoms with E-state index in [2.05, 4.69) is 46.8 Å². The number of allylic oxidation sites excluding steroid dienone is 3. The van der Waals surface area contributed by atoms with E-state index >= 15 is 0 Å². The zero-order chi connectivity index (χ0) is 16.5. The minimum atomic E-state index is -0.321. The fraction of sp³-hybridized carbons (Fsp3) is 0.0588. The highest BCUT2D eigenvalue weighted by atomic mass is 16.1. The van der Waals surface area contributed by atoms with Crippen molar-refractivity contribution in [2.45, 2.75) is 0 Å². The summed E-state index contributed by atoms with van der Waals surface area (Å²) in [7, 11) is 1.71. The van der Waals surface area contributed by atoms with Crippen LogP contribution in [0.15, 0.2) is 55.2 Å². The second kappa shape index (κ2) is 8.26. The number of hydrogen-bond donors (Lipinski definition) is 1. The van der Waals surface area contributed by atoms with Crippen LogP contribution in [0.1, 0.15) is 21.6 Å². The van der Waals surface area contributed by atoms with Crippen LogP contribution in [0.25, 0.3) is 12.2 Å². The van der Waals surface area contributed by atoms with Crippen LogP contribution in [0.4, 0.5) is 5.82 Å². The van der Waals surface area contributed by atoms with Crippen LogP contribution in [0.5, 0.6) is 0 Å². The molecule has 1 N–H and O–H groups in total. The predicted octanol–water partition coefficient (Wildman–Crippen LogP) is 3.31. The van der Waals surface area contributed by atoms with Gasteiger partial charge in [-0.3, -0.25) is 9.79 Å². The number of hydrogen-bond acceptors (Lipinski definition) is 5. The van der Waals surface area contributed by atoms with Gasteiger partial charge in [-0.1, -0.05) is 44.5 Å². The van der Waals surface area contributed by atoms with Crippen molar-refractivity contribution < 1.29 is 4.79 Å². The number of aliphatic imine (C=N–C) groups is 1. The monoisotopic (exact) mass is 294 g/mol. The van der Waals surface area contributed by atoms with Crippen LogP contribution < -0.4 is 5.32 Å². The zero-order valence-corrected chi connectivity index (χ0v) is 12.5. The summed E-state index contributed by atoms with van der Waals surface area (Å²) < 4.78 is 0. The minimum absolute atomic E-state index is 0.182. The van der Waals surface area contributed by atoms with Gasteiger partial charge in [0.15, 0.2) is 5.82 Å². The van der Waals surface area contributed by atoms with Crippen molar-refractivity contribution >= 4 is 30.0 Å². The lowest BCUT2D eigenvalue weighted by atomic mass is 10.00. The van der Waals surface area contributed by atoms with Gasteiger partial charge < -0.3 is 5.32 Å². The third-order valence-corrected chi connectivity index (χ3v) is 2.84. The van der Waals surface area contributed by atoms with E-state index < -0.39 is 0 Å². The third kappa shape index (κ3) is 3.52. The lowest BCUT2D eigenvalue weighted by molar-refractivity contribution is 0.103. The average molecular weight is 294 g/mol. The van der Waals surface area contributed by atoms with Gasteiger partial charge in [-0.2, -0.15) is 0 Å². The molecule has 0 radical (unpaired) electrons. The molecule has 0 atom stereocenters. The van der Waals surface area contributed by atoms with E-state index in [1.165, 1.54) is 24.6 Å². The molecule has 1 aromatic heterocycles. The van der Waals surface area contributed by atoms with Crippen molar-refractivity contribution in [3.8, 4) is 0 Å². The van der Waals surface area contributed by atoms with E-state index in [-0.39, 0.29) is 11.5 Å². The maximum Gasteiger partial charge on any atom is 0.213 e. The Bertz CT molecular complexity index is 684. The van der Waals surface area contributed by atoms with Gasteiger partial charge in [0.1, 0.15) is 5.69 Å². The molecule has 0 aliphatic heterocycles. The minimum Gasteiger partial charge on any atom is -0.371 e. The summed E-state index contributed by atoms with van der Waals surface area (Å²) in [6, 6.07) is 0. The smallest absolute Gasteiger partial charge is 0.213 e. The van der Waals surface area contributed by atoms with E-state index in [1.807, 2.05) is 0 Å². The Morgan fingerprint density at radius 2 is 1.82 bits per heavy atom. The van der Waals surface area contributed by atoms with Gasteiger partial charge in [0.05, 0.1) is 0 Å². The molecular formula is C17H18N4O. The van der Waals surface area contributed by atoms with Crippen LogP contribution >= 0.6 is 0 Å². The molecule has 0 aliphatic carbocycles. The number of rotatable bonds is 8. The number of carbonyl (C=O) groups is 1. The normalized spacial score (nSPS) is 11.0. The molecule has 0 saturated heterocycles. The van der Waals surface area contributed by atoms with Gasteiger partial charge in [-0.15, -0.1) is 10.2 Å². The van der Waals surface area contributed by atoms with Crippen molar-refractivity contribution in [2.24, 2.45) is 4.99 Å². The first kappa shape index (κ1) is 17.0. The van der Waals surface area contributed by atoms with Crippen molar-refractivity contribution in [1.82, 2.24) is 10.2 Å². The Hall–Kier alpha value is -3.08. The number of nitrogens with one attached hydrogen (secondary N) is 1. The molecule has 0 spiro atoms. The van der Waals surface area contributed by atoms with E-state index in [1.54, 1.807) is 19.2 Å². The van der Waals surface area contributed by atoms with E-state index in [9.17, 15) is 4.79 Å². The molecule has 0 amide bonds. The summed E-state index contributed by atoms with van der Waals surface area (Å²) in [5, 5.41) is 10.9. The molecule has 0 saturated carbocycles. The fourth-order valence-electron chi connectivity index (χ4n) is 1.79. The van der Waals surface area contributed by atoms with Crippen molar-refractivity contribution in [3.63, 3.8) is 0 Å². The van der Waals surface area contributed by atoms with Crippen molar-refractivity contribution in [1.29, 1.82) is 0 Å². The first-order valence-corrected chi connectivity index (χ1v) is 6.49. The zero-order valence-electron chi connectivity index (χ0n) is 12.5. The summed E-state index contributed by atoms with van der Waals surface area (Å²) in [5.41, 5.74) is 1.75. The molecule has 0 aromatic carbocycles. The molecule has 0 aliphatic rings. The molecule has 22 heavy (non-hydrogen) atoms. The van der Waals surface area contributed by atoms with E-state index in [0.717, 1.165) is 0 Å². The van der Waals surface area contributed by atoms with Gasteiger partial charge in [-0.05, 0) is 6.08 Å². The molecular weight excluding hydrogens is 276 g/mol. The standard InChI is InChI=1S/C17H18N4O/c1-6-12(10-11-19-9-4)16(22)15-13(7-2)14(8-3)17(18-5)21-20-15/h6-11H,1-4H2,5H3,(H,18,21)/b12-10+,19-11?. The molecule has 5 heteroatoms. The number of carbonyl (C=O) groups excluding carboxylic acids is 1. The summed E-state index contributed by atoms with van der Waals surface area (Å²) in [5.74, 6) is 0.206. The first-order chi connectivity index (χ1) is 10.6. The number of ketones is 1. The Morgan fingerprint density at radius 3 is 2.32 bits per heavy atom. The van der Waals surface area contributed by atoms with Gasteiger partial charge in [-0.25, -0.2) is 0 Å². The quantitative estimate of drug-likeness (QED) is 0.346. The van der Waals surface area contributed by atoms with Crippen molar-refractivity contribution in [3.05, 3.63) is 67.1 Å². The van der Waals surface area contributed by atoms with Gasteiger partial charge >= 0.3 is 0 Å². The van der Waals surface area contributed by atoms with E-state index in [0.29, 0.717) is 22.5 Å². The molecule has 1 heterocycles. The Morgan fingerprint density at radius 1 is 1.14 bits per heavy atom. The highest BCUT2D eigenvalue weighted by Gasteiger charge is 2.19. The molecule has 1 aromatic rings. The molecule has 0 bridgehead atoms. The number of nitrogens with zero attached hydrogens (tertiary/aromatic N) is 3. The Kier molecular flexibility index (Phi) is 6.37. The Labute approximate surface area is 130 Å². The van der Waals surface area contributed by atoms with E-state index in [4.69, 9.17) is 0 Å². The highest BCUT2D eigenvalue weighted by Crippen LogP contribution is 2.23. The van der Waals surface area contributed by atoms with Gasteiger partial charge in [0.2, 0.25) is 5.78 Å². The second-order valence-corrected chi connectivity index (χ2v) is 4.02. The highest BCUT2D eigenvalue weighted by molar-refractivity contribution is 6.13. The molecule has 0 unspecified atom stereocenters. The lowest BCUT2D eigenvalue weighted by Crippen LogP contribution is -2.12. The van der Waals surface area contributed by atoms with Gasteiger partial charge in [0.25, 0.3) is 0 Å². The predicted molar refractivity (Wildman–Crippen MR) is 93.1 cm³/mol. The summed E-state index contributed by atoms with van der Waals surface area (Å²) in [6.45, 7) is 14.6. The van der Waals surface area contributed by atoms with Crippen LogP contribution in [-0.2, 0) is 0 Å². The molecule has 1 rings (SSSR count). The average Bonchev–Trinajstić information content (AvgIpc) is 2.56. The second-order valence-electron chi connectivity index (χ2n) is 4.02. The topological polar surface area (TPSA) is 67.2 Å². The third-order valence-electron chi connectivity index (χ3n) is 2.84. The summed E-state index contributed by atoms with van der Waals surface area (Å²) in [4.78, 5) is 16.4.